The first-order chi connectivity index (χ1) is 9.02. The molecule has 0 amide bonds. The van der Waals surface area contributed by atoms with Crippen molar-refractivity contribution < 1.29 is 15.0 Å². The van der Waals surface area contributed by atoms with E-state index >= 15 is 0 Å². The van der Waals surface area contributed by atoms with Gasteiger partial charge in [-0.1, -0.05) is 25.5 Å². The Kier molecular flexibility index (Phi) is 6.36. The van der Waals surface area contributed by atoms with Crippen LogP contribution in [0.15, 0.2) is 24.3 Å². The van der Waals surface area contributed by atoms with Gasteiger partial charge in [0.2, 0.25) is 0 Å². The number of hydrogen-bond acceptors (Lipinski definition) is 3. The number of benzene rings is 1. The van der Waals surface area contributed by atoms with Gasteiger partial charge in [-0.05, 0) is 42.9 Å². The first-order valence-electron chi connectivity index (χ1n) is 6.73. The zero-order valence-corrected chi connectivity index (χ0v) is 11.4. The van der Waals surface area contributed by atoms with Crippen LogP contribution in [0.2, 0.25) is 0 Å². The Morgan fingerprint density at radius 1 is 1.32 bits per heavy atom. The fourth-order valence-corrected chi connectivity index (χ4v) is 2.22. The molecule has 0 aliphatic carbocycles. The van der Waals surface area contributed by atoms with Crippen molar-refractivity contribution in [3.63, 3.8) is 0 Å². The highest BCUT2D eigenvalue weighted by atomic mass is 16.4. The maximum Gasteiger partial charge on any atom is 0.307 e. The molecule has 4 N–H and O–H groups in total. The lowest BCUT2D eigenvalue weighted by Gasteiger charge is -2.16. The number of aryl methyl sites for hydroxylation is 1. The van der Waals surface area contributed by atoms with Crippen LogP contribution in [0.4, 0.5) is 0 Å². The van der Waals surface area contributed by atoms with Crippen LogP contribution < -0.4 is 5.73 Å². The van der Waals surface area contributed by atoms with Crippen LogP contribution in [0.5, 0.6) is 5.75 Å². The van der Waals surface area contributed by atoms with Gasteiger partial charge in [0.25, 0.3) is 0 Å². The van der Waals surface area contributed by atoms with E-state index in [1.165, 1.54) is 5.56 Å². The lowest BCUT2D eigenvalue weighted by molar-refractivity contribution is -0.141. The fourth-order valence-electron chi connectivity index (χ4n) is 2.22. The molecule has 0 aromatic heterocycles. The van der Waals surface area contributed by atoms with Crippen LogP contribution in [0.25, 0.3) is 0 Å². The molecule has 0 aliphatic rings. The molecule has 2 atom stereocenters. The molecule has 0 saturated heterocycles. The lowest BCUT2D eigenvalue weighted by Crippen LogP contribution is -2.25. The molecule has 4 heteroatoms. The van der Waals surface area contributed by atoms with Crippen LogP contribution in [0, 0.1) is 11.8 Å². The van der Waals surface area contributed by atoms with E-state index in [1.54, 1.807) is 12.1 Å². The molecule has 0 heterocycles. The number of hydrogen-bond donors (Lipinski definition) is 3. The van der Waals surface area contributed by atoms with E-state index in [0.717, 1.165) is 19.3 Å². The Morgan fingerprint density at radius 3 is 2.47 bits per heavy atom. The van der Waals surface area contributed by atoms with Gasteiger partial charge >= 0.3 is 5.97 Å². The number of phenols is 1. The van der Waals surface area contributed by atoms with E-state index in [2.05, 4.69) is 6.92 Å². The molecule has 1 aromatic rings. The lowest BCUT2D eigenvalue weighted by atomic mass is 9.91. The summed E-state index contributed by atoms with van der Waals surface area (Å²) in [7, 11) is 0. The summed E-state index contributed by atoms with van der Waals surface area (Å²) in [6.07, 6.45) is 3.60. The van der Waals surface area contributed by atoms with Crippen molar-refractivity contribution in [1.82, 2.24) is 0 Å². The number of aromatic hydroxyl groups is 1. The van der Waals surface area contributed by atoms with E-state index in [-0.39, 0.29) is 12.3 Å². The predicted octanol–water partition coefficient (Wildman–Crippen LogP) is 2.40. The number of rotatable bonds is 8. The summed E-state index contributed by atoms with van der Waals surface area (Å²) >= 11 is 0. The van der Waals surface area contributed by atoms with Crippen LogP contribution in [0.3, 0.4) is 0 Å². The van der Waals surface area contributed by atoms with Gasteiger partial charge in [-0.25, -0.2) is 0 Å². The Labute approximate surface area is 114 Å². The van der Waals surface area contributed by atoms with Crippen molar-refractivity contribution in [2.24, 2.45) is 17.6 Å². The van der Waals surface area contributed by atoms with Crippen LogP contribution in [0.1, 0.15) is 31.7 Å². The van der Waals surface area contributed by atoms with Crippen molar-refractivity contribution in [2.75, 3.05) is 6.54 Å². The highest BCUT2D eigenvalue weighted by Crippen LogP contribution is 2.19. The second kappa shape index (κ2) is 7.79. The molecule has 0 saturated carbocycles. The second-order valence-electron chi connectivity index (χ2n) is 5.17. The standard InChI is InChI=1S/C15H23NO3/c1-11(9-13(10-16)15(18)19)3-2-4-12-5-7-14(17)8-6-12/h5-8,11,13,17H,2-4,9-10,16H2,1H3,(H,18,19). The Bertz CT molecular complexity index is 389. The van der Waals surface area contributed by atoms with Crippen molar-refractivity contribution in [1.29, 1.82) is 0 Å². The average Bonchev–Trinajstić information content (AvgIpc) is 2.38. The topological polar surface area (TPSA) is 83.5 Å². The van der Waals surface area contributed by atoms with Gasteiger partial charge in [-0.15, -0.1) is 0 Å². The fraction of sp³-hybridized carbons (Fsp3) is 0.533. The van der Waals surface area contributed by atoms with Crippen molar-refractivity contribution in [2.45, 2.75) is 32.6 Å². The van der Waals surface area contributed by atoms with E-state index in [4.69, 9.17) is 10.8 Å². The van der Waals surface area contributed by atoms with Crippen molar-refractivity contribution >= 4 is 5.97 Å². The maximum absolute atomic E-state index is 10.9. The van der Waals surface area contributed by atoms with E-state index in [1.807, 2.05) is 12.1 Å². The van der Waals surface area contributed by atoms with Gasteiger partial charge in [0.1, 0.15) is 5.75 Å². The molecule has 4 nitrogen and oxygen atoms in total. The third kappa shape index (κ3) is 5.75. The number of nitrogens with two attached hydrogens (primary N) is 1. The molecule has 1 aromatic carbocycles. The normalized spacial score (nSPS) is 14.0. The molecule has 0 bridgehead atoms. The van der Waals surface area contributed by atoms with Crippen molar-refractivity contribution in [3.8, 4) is 5.75 Å². The minimum Gasteiger partial charge on any atom is -0.508 e. The zero-order chi connectivity index (χ0) is 14.3. The van der Waals surface area contributed by atoms with Crippen LogP contribution >= 0.6 is 0 Å². The number of aliphatic carboxylic acids is 1. The Morgan fingerprint density at radius 2 is 1.95 bits per heavy atom. The summed E-state index contributed by atoms with van der Waals surface area (Å²) in [6.45, 7) is 2.28. The van der Waals surface area contributed by atoms with Gasteiger partial charge < -0.3 is 15.9 Å². The molecular weight excluding hydrogens is 242 g/mol. The minimum absolute atomic E-state index is 0.206. The summed E-state index contributed by atoms with van der Waals surface area (Å²) in [5.41, 5.74) is 6.64. The van der Waals surface area contributed by atoms with Crippen molar-refractivity contribution in [3.05, 3.63) is 29.8 Å². The summed E-state index contributed by atoms with van der Waals surface area (Å²) in [5.74, 6) is -0.581. The van der Waals surface area contributed by atoms with E-state index in [0.29, 0.717) is 12.3 Å². The maximum atomic E-state index is 10.9. The molecule has 0 fully saturated rings. The molecule has 1 rings (SSSR count). The second-order valence-corrected chi connectivity index (χ2v) is 5.17. The summed E-state index contributed by atoms with van der Waals surface area (Å²) in [4.78, 5) is 10.9. The van der Waals surface area contributed by atoms with E-state index in [9.17, 15) is 9.90 Å². The number of carbonyl (C=O) groups is 1. The zero-order valence-electron chi connectivity index (χ0n) is 11.4. The minimum atomic E-state index is -0.798. The predicted molar refractivity (Wildman–Crippen MR) is 75.0 cm³/mol. The van der Waals surface area contributed by atoms with Gasteiger partial charge in [-0.3, -0.25) is 4.79 Å². The van der Waals surface area contributed by atoms with Gasteiger partial charge in [0.15, 0.2) is 0 Å². The van der Waals surface area contributed by atoms with Gasteiger partial charge in [0, 0.05) is 6.54 Å². The molecule has 106 valence electrons. The summed E-state index contributed by atoms with van der Waals surface area (Å²) in [6, 6.07) is 7.21. The third-order valence-electron chi connectivity index (χ3n) is 3.42. The smallest absolute Gasteiger partial charge is 0.307 e. The Balaban J connectivity index is 2.28. The average molecular weight is 265 g/mol. The molecule has 0 radical (unpaired) electrons. The molecule has 2 unspecified atom stereocenters. The summed E-state index contributed by atoms with van der Waals surface area (Å²) < 4.78 is 0. The Hall–Kier alpha value is -1.55. The van der Waals surface area contributed by atoms with Gasteiger partial charge in [-0.2, -0.15) is 0 Å². The van der Waals surface area contributed by atoms with Crippen LogP contribution in [-0.2, 0) is 11.2 Å². The highest BCUT2D eigenvalue weighted by Gasteiger charge is 2.18. The molecule has 0 spiro atoms. The number of carboxylic acids is 1. The van der Waals surface area contributed by atoms with Crippen LogP contribution in [-0.4, -0.2) is 22.7 Å². The van der Waals surface area contributed by atoms with E-state index < -0.39 is 11.9 Å². The van der Waals surface area contributed by atoms with Gasteiger partial charge in [0.05, 0.1) is 5.92 Å². The quantitative estimate of drug-likeness (QED) is 0.674. The number of carboxylic acid groups (broad SMARTS) is 1. The monoisotopic (exact) mass is 265 g/mol. The first kappa shape index (κ1) is 15.5. The molecule has 19 heavy (non-hydrogen) atoms. The molecular formula is C15H23NO3. The highest BCUT2D eigenvalue weighted by molar-refractivity contribution is 5.70. The third-order valence-corrected chi connectivity index (χ3v) is 3.42. The summed E-state index contributed by atoms with van der Waals surface area (Å²) in [5, 5.41) is 18.1. The largest absolute Gasteiger partial charge is 0.508 e. The first-order valence-corrected chi connectivity index (χ1v) is 6.73. The number of phenolic OH excluding ortho intramolecular Hbond substituents is 1. The molecule has 0 aliphatic heterocycles. The SMILES string of the molecule is CC(CCCc1ccc(O)cc1)CC(CN)C(=O)O.